The first kappa shape index (κ1) is 13.0. The number of thiazole rings is 1. The highest BCUT2D eigenvalue weighted by atomic mass is 32.1. The van der Waals surface area contributed by atoms with Crippen LogP contribution in [-0.4, -0.2) is 19.4 Å². The van der Waals surface area contributed by atoms with Gasteiger partial charge in [0.15, 0.2) is 5.13 Å². The molecule has 0 amide bonds. The third kappa shape index (κ3) is 2.33. The Hall–Kier alpha value is -2.73. The third-order valence-corrected chi connectivity index (χ3v) is 4.12. The lowest BCUT2D eigenvalue weighted by Gasteiger charge is -2.02. The summed E-state index contributed by atoms with van der Waals surface area (Å²) in [5, 5.41) is 6.20. The van der Waals surface area contributed by atoms with Gasteiger partial charge in [-0.3, -0.25) is 4.40 Å². The Labute approximate surface area is 131 Å². The number of aryl methyl sites for hydroxylation is 1. The molecule has 0 unspecified atom stereocenters. The maximum absolute atomic E-state index is 4.64. The van der Waals surface area contributed by atoms with E-state index in [4.69, 9.17) is 0 Å². The number of fused-ring (bicyclic) bond motifs is 1. The smallest absolute Gasteiger partial charge is 0.234 e. The highest BCUT2D eigenvalue weighted by molar-refractivity contribution is 7.14. The molecule has 4 aromatic rings. The summed E-state index contributed by atoms with van der Waals surface area (Å²) in [7, 11) is 0. The van der Waals surface area contributed by atoms with Crippen LogP contribution in [0.4, 0.5) is 10.8 Å². The Morgan fingerprint density at radius 2 is 2.00 bits per heavy atom. The van der Waals surface area contributed by atoms with Crippen LogP contribution in [0.2, 0.25) is 0 Å². The fourth-order valence-electron chi connectivity index (χ4n) is 2.23. The van der Waals surface area contributed by atoms with Gasteiger partial charge in [-0.1, -0.05) is 17.7 Å². The number of benzene rings is 1. The lowest BCUT2D eigenvalue weighted by Crippen LogP contribution is -1.91. The largest absolute Gasteiger partial charge is 0.332 e. The van der Waals surface area contributed by atoms with Crippen molar-refractivity contribution in [2.24, 2.45) is 0 Å². The minimum Gasteiger partial charge on any atom is -0.332 e. The van der Waals surface area contributed by atoms with Crippen LogP contribution in [0.25, 0.3) is 17.2 Å². The Morgan fingerprint density at radius 3 is 2.86 bits per heavy atom. The number of anilines is 2. The molecule has 3 heterocycles. The minimum atomic E-state index is 0.679. The van der Waals surface area contributed by atoms with E-state index < -0.39 is 0 Å². The Bertz CT molecular complexity index is 923. The molecule has 1 N–H and O–H groups in total. The van der Waals surface area contributed by atoms with Crippen LogP contribution in [-0.2, 0) is 0 Å². The van der Waals surface area contributed by atoms with Crippen molar-refractivity contribution in [3.8, 4) is 11.4 Å². The average molecular weight is 307 g/mol. The molecular formula is C16H13N5S. The summed E-state index contributed by atoms with van der Waals surface area (Å²) in [4.78, 5) is 13.2. The van der Waals surface area contributed by atoms with Crippen molar-refractivity contribution < 1.29 is 0 Å². The van der Waals surface area contributed by atoms with Crippen molar-refractivity contribution >= 4 is 27.9 Å². The first-order valence-electron chi connectivity index (χ1n) is 6.87. The zero-order chi connectivity index (χ0) is 14.9. The molecular weight excluding hydrogens is 294 g/mol. The monoisotopic (exact) mass is 307 g/mol. The number of imidazole rings is 1. The molecule has 0 atom stereocenters. The molecule has 0 fully saturated rings. The van der Waals surface area contributed by atoms with E-state index in [9.17, 15) is 0 Å². The molecule has 0 spiro atoms. The molecule has 4 rings (SSSR count). The normalized spacial score (nSPS) is 11.0. The van der Waals surface area contributed by atoms with E-state index in [0.29, 0.717) is 5.78 Å². The minimum absolute atomic E-state index is 0.679. The van der Waals surface area contributed by atoms with Gasteiger partial charge >= 0.3 is 0 Å². The van der Waals surface area contributed by atoms with Gasteiger partial charge in [-0.25, -0.2) is 15.0 Å². The summed E-state index contributed by atoms with van der Waals surface area (Å²) < 4.78 is 1.94. The molecule has 6 heteroatoms. The molecule has 0 saturated carbocycles. The molecule has 0 aliphatic rings. The number of hydrogen-bond acceptors (Lipinski definition) is 5. The van der Waals surface area contributed by atoms with E-state index in [2.05, 4.69) is 51.5 Å². The number of nitrogens with zero attached hydrogens (tertiary/aromatic N) is 4. The predicted molar refractivity (Wildman–Crippen MR) is 88.6 cm³/mol. The first-order chi connectivity index (χ1) is 10.8. The Kier molecular flexibility index (Phi) is 3.08. The zero-order valence-electron chi connectivity index (χ0n) is 11.9. The second-order valence-corrected chi connectivity index (χ2v) is 5.82. The van der Waals surface area contributed by atoms with E-state index in [1.54, 1.807) is 23.7 Å². The van der Waals surface area contributed by atoms with Gasteiger partial charge in [0.1, 0.15) is 5.69 Å². The highest BCUT2D eigenvalue weighted by Gasteiger charge is 2.10. The molecule has 1 aromatic carbocycles. The van der Waals surface area contributed by atoms with Crippen LogP contribution in [0.1, 0.15) is 5.56 Å². The van der Waals surface area contributed by atoms with Crippen molar-refractivity contribution in [1.82, 2.24) is 19.4 Å². The predicted octanol–water partition coefficient (Wildman–Crippen LogP) is 3.90. The lowest BCUT2D eigenvalue weighted by atomic mass is 10.2. The second-order valence-electron chi connectivity index (χ2n) is 4.96. The fraction of sp³-hybridized carbons (Fsp3) is 0.0625. The van der Waals surface area contributed by atoms with Crippen LogP contribution in [0.15, 0.2) is 54.3 Å². The molecule has 22 heavy (non-hydrogen) atoms. The SMILES string of the molecule is Cc1ccc(Nc2nc(-c3cnc4ncccn34)cs2)cc1. The fourth-order valence-corrected chi connectivity index (χ4v) is 2.95. The summed E-state index contributed by atoms with van der Waals surface area (Å²) in [5.41, 5.74) is 4.10. The summed E-state index contributed by atoms with van der Waals surface area (Å²) >= 11 is 1.57. The number of hydrogen-bond donors (Lipinski definition) is 1. The molecule has 0 bridgehead atoms. The summed E-state index contributed by atoms with van der Waals surface area (Å²) in [6.07, 6.45) is 5.47. The van der Waals surface area contributed by atoms with E-state index in [1.165, 1.54) is 5.56 Å². The van der Waals surface area contributed by atoms with Gasteiger partial charge in [0.05, 0.1) is 11.9 Å². The third-order valence-electron chi connectivity index (χ3n) is 3.36. The van der Waals surface area contributed by atoms with Crippen molar-refractivity contribution in [3.63, 3.8) is 0 Å². The van der Waals surface area contributed by atoms with Crippen molar-refractivity contribution in [1.29, 1.82) is 0 Å². The van der Waals surface area contributed by atoms with Crippen molar-refractivity contribution in [2.45, 2.75) is 6.92 Å². The highest BCUT2D eigenvalue weighted by Crippen LogP contribution is 2.27. The second kappa shape index (κ2) is 5.23. The molecule has 5 nitrogen and oxygen atoms in total. The number of aromatic nitrogens is 4. The van der Waals surface area contributed by atoms with Crippen LogP contribution in [0.5, 0.6) is 0 Å². The number of nitrogens with one attached hydrogen (secondary N) is 1. The van der Waals surface area contributed by atoms with Crippen LogP contribution in [0.3, 0.4) is 0 Å². The molecule has 0 aliphatic heterocycles. The van der Waals surface area contributed by atoms with Crippen LogP contribution >= 0.6 is 11.3 Å². The maximum atomic E-state index is 4.64. The van der Waals surface area contributed by atoms with Crippen molar-refractivity contribution in [3.05, 3.63) is 59.9 Å². The standard InChI is InChI=1S/C16H13N5S/c1-11-3-5-12(6-4-11)19-16-20-13(10-22-16)14-9-18-15-17-7-2-8-21(14)15/h2-10H,1H3,(H,19,20). The summed E-state index contributed by atoms with van der Waals surface area (Å²) in [6.45, 7) is 2.07. The van der Waals surface area contributed by atoms with E-state index in [-0.39, 0.29) is 0 Å². The van der Waals surface area contributed by atoms with E-state index in [0.717, 1.165) is 22.2 Å². The molecule has 0 aliphatic carbocycles. The van der Waals surface area contributed by atoms with Gasteiger partial charge in [-0.2, -0.15) is 0 Å². The number of rotatable bonds is 3. The first-order valence-corrected chi connectivity index (χ1v) is 7.75. The van der Waals surface area contributed by atoms with Crippen molar-refractivity contribution in [2.75, 3.05) is 5.32 Å². The maximum Gasteiger partial charge on any atom is 0.234 e. The molecule has 0 saturated heterocycles. The van der Waals surface area contributed by atoms with E-state index in [1.807, 2.05) is 22.0 Å². The molecule has 108 valence electrons. The Morgan fingerprint density at radius 1 is 1.14 bits per heavy atom. The van der Waals surface area contributed by atoms with Gasteiger partial charge < -0.3 is 5.32 Å². The summed E-state index contributed by atoms with van der Waals surface area (Å²) in [6, 6.07) is 10.1. The Balaban J connectivity index is 1.65. The van der Waals surface area contributed by atoms with Crippen LogP contribution < -0.4 is 5.32 Å². The quantitative estimate of drug-likeness (QED) is 0.623. The topological polar surface area (TPSA) is 55.1 Å². The average Bonchev–Trinajstić information content (AvgIpc) is 3.16. The van der Waals surface area contributed by atoms with Gasteiger partial charge in [-0.05, 0) is 25.1 Å². The van der Waals surface area contributed by atoms with Gasteiger partial charge in [0.25, 0.3) is 0 Å². The van der Waals surface area contributed by atoms with E-state index >= 15 is 0 Å². The molecule has 0 radical (unpaired) electrons. The lowest BCUT2D eigenvalue weighted by molar-refractivity contribution is 1.11. The zero-order valence-corrected chi connectivity index (χ0v) is 12.7. The van der Waals surface area contributed by atoms with Gasteiger partial charge in [0.2, 0.25) is 5.78 Å². The van der Waals surface area contributed by atoms with Gasteiger partial charge in [0, 0.05) is 23.5 Å². The summed E-state index contributed by atoms with van der Waals surface area (Å²) in [5.74, 6) is 0.679. The van der Waals surface area contributed by atoms with Crippen LogP contribution in [0, 0.1) is 6.92 Å². The molecule has 3 aromatic heterocycles. The van der Waals surface area contributed by atoms with Gasteiger partial charge in [-0.15, -0.1) is 11.3 Å².